The molecule has 0 aliphatic heterocycles. The summed E-state index contributed by atoms with van der Waals surface area (Å²) in [6.07, 6.45) is 0.212. The minimum absolute atomic E-state index is 0.140. The maximum absolute atomic E-state index is 12.0. The zero-order chi connectivity index (χ0) is 13.8. The Kier molecular flexibility index (Phi) is 4.12. The summed E-state index contributed by atoms with van der Waals surface area (Å²) in [7, 11) is 3.11. The van der Waals surface area contributed by atoms with Crippen LogP contribution < -0.4 is 9.47 Å². The molecule has 0 spiro atoms. The van der Waals surface area contributed by atoms with E-state index in [0.717, 1.165) is 5.56 Å². The van der Waals surface area contributed by atoms with Crippen molar-refractivity contribution in [2.45, 2.75) is 6.42 Å². The van der Waals surface area contributed by atoms with Gasteiger partial charge in [-0.1, -0.05) is 6.07 Å². The van der Waals surface area contributed by atoms with Gasteiger partial charge in [-0.15, -0.1) is 0 Å². The first-order valence-corrected chi connectivity index (χ1v) is 6.01. The Morgan fingerprint density at radius 1 is 1.16 bits per heavy atom. The molecule has 0 N–H and O–H groups in total. The summed E-state index contributed by atoms with van der Waals surface area (Å²) in [6, 6.07) is 8.44. The Morgan fingerprint density at radius 3 is 2.47 bits per heavy atom. The number of halogens is 1. The van der Waals surface area contributed by atoms with E-state index in [-0.39, 0.29) is 23.2 Å². The molecule has 1 heterocycles. The van der Waals surface area contributed by atoms with E-state index in [2.05, 4.69) is 0 Å². The second-order valence-corrected chi connectivity index (χ2v) is 4.27. The summed E-state index contributed by atoms with van der Waals surface area (Å²) in [5, 5.41) is 0.204. The van der Waals surface area contributed by atoms with Gasteiger partial charge in [-0.2, -0.15) is 0 Å². The van der Waals surface area contributed by atoms with E-state index in [4.69, 9.17) is 25.5 Å². The van der Waals surface area contributed by atoms with Crippen molar-refractivity contribution in [2.75, 3.05) is 14.2 Å². The molecule has 2 rings (SSSR count). The van der Waals surface area contributed by atoms with Gasteiger partial charge in [0.25, 0.3) is 0 Å². The van der Waals surface area contributed by atoms with Gasteiger partial charge in [-0.25, -0.2) is 0 Å². The maximum Gasteiger partial charge on any atom is 0.202 e. The summed E-state index contributed by atoms with van der Waals surface area (Å²) in [5.74, 6) is 1.32. The summed E-state index contributed by atoms with van der Waals surface area (Å²) in [6.45, 7) is 0. The SMILES string of the molecule is COc1ccc(CC(=O)c2ccc(Cl)o2)cc1OC. The average Bonchev–Trinajstić information content (AvgIpc) is 2.85. The molecule has 1 aromatic carbocycles. The topological polar surface area (TPSA) is 48.7 Å². The molecular weight excluding hydrogens is 268 g/mol. The first-order chi connectivity index (χ1) is 9.13. The molecule has 0 atom stereocenters. The van der Waals surface area contributed by atoms with Gasteiger partial charge in [-0.05, 0) is 41.4 Å². The number of rotatable bonds is 5. The van der Waals surface area contributed by atoms with Gasteiger partial charge in [-0.3, -0.25) is 4.79 Å². The van der Waals surface area contributed by atoms with Crippen molar-refractivity contribution in [3.63, 3.8) is 0 Å². The standard InChI is InChI=1S/C14H13ClO4/c1-17-12-4-3-9(8-13(12)18-2)7-10(16)11-5-6-14(15)19-11/h3-6,8H,7H2,1-2H3. The molecule has 5 heteroatoms. The molecule has 0 bridgehead atoms. The molecule has 0 aliphatic rings. The normalized spacial score (nSPS) is 10.3. The van der Waals surface area contributed by atoms with E-state index in [1.165, 1.54) is 0 Å². The van der Waals surface area contributed by atoms with Gasteiger partial charge >= 0.3 is 0 Å². The molecular formula is C14H13ClO4. The zero-order valence-corrected chi connectivity index (χ0v) is 11.4. The average molecular weight is 281 g/mol. The van der Waals surface area contributed by atoms with Crippen LogP contribution in [-0.4, -0.2) is 20.0 Å². The third-order valence-electron chi connectivity index (χ3n) is 2.66. The molecule has 0 amide bonds. The van der Waals surface area contributed by atoms with Gasteiger partial charge in [0, 0.05) is 6.42 Å². The van der Waals surface area contributed by atoms with E-state index in [9.17, 15) is 4.79 Å². The number of furan rings is 1. The lowest BCUT2D eigenvalue weighted by molar-refractivity contribution is 0.0966. The lowest BCUT2D eigenvalue weighted by Gasteiger charge is -2.08. The van der Waals surface area contributed by atoms with Crippen LogP contribution >= 0.6 is 11.6 Å². The molecule has 1 aromatic heterocycles. The smallest absolute Gasteiger partial charge is 0.202 e. The first kappa shape index (κ1) is 13.5. The lowest BCUT2D eigenvalue weighted by Crippen LogP contribution is -2.02. The molecule has 4 nitrogen and oxygen atoms in total. The van der Waals surface area contributed by atoms with Crippen LogP contribution in [0.5, 0.6) is 11.5 Å². The van der Waals surface area contributed by atoms with E-state index in [1.54, 1.807) is 38.5 Å². The van der Waals surface area contributed by atoms with Crippen LogP contribution in [0.2, 0.25) is 5.22 Å². The van der Waals surface area contributed by atoms with Crippen molar-refractivity contribution in [1.29, 1.82) is 0 Å². The highest BCUT2D eigenvalue weighted by atomic mass is 35.5. The van der Waals surface area contributed by atoms with Gasteiger partial charge in [0.05, 0.1) is 14.2 Å². The molecule has 0 unspecified atom stereocenters. The van der Waals surface area contributed by atoms with Crippen molar-refractivity contribution < 1.29 is 18.7 Å². The van der Waals surface area contributed by atoms with Crippen molar-refractivity contribution in [3.05, 3.63) is 46.9 Å². The zero-order valence-electron chi connectivity index (χ0n) is 10.6. The molecule has 100 valence electrons. The second kappa shape index (κ2) is 5.80. The largest absolute Gasteiger partial charge is 0.493 e. The number of carbonyl (C=O) groups is 1. The van der Waals surface area contributed by atoms with Crippen molar-refractivity contribution in [2.24, 2.45) is 0 Å². The molecule has 19 heavy (non-hydrogen) atoms. The van der Waals surface area contributed by atoms with Crippen LogP contribution in [-0.2, 0) is 6.42 Å². The van der Waals surface area contributed by atoms with Gasteiger partial charge in [0.1, 0.15) is 0 Å². The Hall–Kier alpha value is -1.94. The second-order valence-electron chi connectivity index (χ2n) is 3.89. The minimum atomic E-state index is -0.140. The molecule has 0 saturated heterocycles. The lowest BCUT2D eigenvalue weighted by atomic mass is 10.1. The summed E-state index contributed by atoms with van der Waals surface area (Å²) in [4.78, 5) is 12.0. The fourth-order valence-corrected chi connectivity index (χ4v) is 1.87. The number of benzene rings is 1. The van der Waals surface area contributed by atoms with Crippen LogP contribution in [0.4, 0.5) is 0 Å². The predicted octanol–water partition coefficient (Wildman–Crippen LogP) is 3.38. The molecule has 0 fully saturated rings. The monoisotopic (exact) mass is 280 g/mol. The molecule has 0 aliphatic carbocycles. The van der Waals surface area contributed by atoms with Crippen molar-refractivity contribution in [3.8, 4) is 11.5 Å². The number of ketones is 1. The first-order valence-electron chi connectivity index (χ1n) is 5.63. The van der Waals surface area contributed by atoms with E-state index in [0.29, 0.717) is 11.5 Å². The number of carbonyl (C=O) groups excluding carboxylic acids is 1. The Labute approximate surface area is 115 Å². The summed E-state index contributed by atoms with van der Waals surface area (Å²) < 4.78 is 15.4. The van der Waals surface area contributed by atoms with Crippen LogP contribution in [0.3, 0.4) is 0 Å². The molecule has 0 radical (unpaired) electrons. The fourth-order valence-electron chi connectivity index (χ4n) is 1.73. The summed E-state index contributed by atoms with van der Waals surface area (Å²) >= 11 is 5.64. The fraction of sp³-hybridized carbons (Fsp3) is 0.214. The van der Waals surface area contributed by atoms with Crippen LogP contribution in [0.15, 0.2) is 34.7 Å². The number of ether oxygens (including phenoxy) is 2. The van der Waals surface area contributed by atoms with Gasteiger partial charge in [0.15, 0.2) is 22.5 Å². The highest BCUT2D eigenvalue weighted by Crippen LogP contribution is 2.28. The highest BCUT2D eigenvalue weighted by molar-refractivity contribution is 6.29. The number of Topliss-reactive ketones (excluding diaryl/α,β-unsaturated/α-hetero) is 1. The van der Waals surface area contributed by atoms with Gasteiger partial charge < -0.3 is 13.9 Å². The van der Waals surface area contributed by atoms with Crippen LogP contribution in [0, 0.1) is 0 Å². The van der Waals surface area contributed by atoms with Gasteiger partial charge in [0.2, 0.25) is 5.78 Å². The van der Waals surface area contributed by atoms with E-state index in [1.807, 2.05) is 6.07 Å². The minimum Gasteiger partial charge on any atom is -0.493 e. The molecule has 2 aromatic rings. The van der Waals surface area contributed by atoms with Crippen LogP contribution in [0.25, 0.3) is 0 Å². The third-order valence-corrected chi connectivity index (χ3v) is 2.86. The Balaban J connectivity index is 2.17. The molecule has 0 saturated carbocycles. The summed E-state index contributed by atoms with van der Waals surface area (Å²) in [5.41, 5.74) is 0.815. The third kappa shape index (κ3) is 3.09. The quantitative estimate of drug-likeness (QED) is 0.788. The van der Waals surface area contributed by atoms with Crippen LogP contribution in [0.1, 0.15) is 16.1 Å². The van der Waals surface area contributed by atoms with Crippen molar-refractivity contribution in [1.82, 2.24) is 0 Å². The van der Waals surface area contributed by atoms with E-state index < -0.39 is 0 Å². The predicted molar refractivity (Wildman–Crippen MR) is 71.3 cm³/mol. The number of hydrogen-bond acceptors (Lipinski definition) is 4. The number of hydrogen-bond donors (Lipinski definition) is 0. The van der Waals surface area contributed by atoms with Crippen molar-refractivity contribution >= 4 is 17.4 Å². The number of methoxy groups -OCH3 is 2. The highest BCUT2D eigenvalue weighted by Gasteiger charge is 2.13. The Morgan fingerprint density at radius 2 is 1.89 bits per heavy atom. The Bertz CT molecular complexity index is 589. The van der Waals surface area contributed by atoms with E-state index >= 15 is 0 Å². The maximum atomic E-state index is 12.0.